The summed E-state index contributed by atoms with van der Waals surface area (Å²) in [5, 5.41) is 3.28. The summed E-state index contributed by atoms with van der Waals surface area (Å²) in [5.41, 5.74) is -0.756. The Morgan fingerprint density at radius 2 is 2.17 bits per heavy atom. The highest BCUT2D eigenvalue weighted by molar-refractivity contribution is 5.20. The lowest BCUT2D eigenvalue weighted by Gasteiger charge is -2.28. The maximum atomic E-state index is 12.3. The van der Waals surface area contributed by atoms with Crippen LogP contribution in [0.5, 0.6) is 5.88 Å². The topological polar surface area (TPSA) is 34.1 Å². The minimum Gasteiger partial charge on any atom is -0.474 e. The first-order valence-corrected chi connectivity index (χ1v) is 5.88. The van der Waals surface area contributed by atoms with E-state index in [-0.39, 0.29) is 12.0 Å². The molecule has 0 bridgehead atoms. The van der Waals surface area contributed by atoms with Crippen molar-refractivity contribution in [2.45, 2.75) is 38.1 Å². The fourth-order valence-electron chi connectivity index (χ4n) is 1.98. The zero-order valence-electron chi connectivity index (χ0n) is 10.00. The first-order chi connectivity index (χ1) is 8.45. The van der Waals surface area contributed by atoms with Gasteiger partial charge in [0.1, 0.15) is 6.10 Å². The molecule has 1 aliphatic heterocycles. The van der Waals surface area contributed by atoms with Crippen molar-refractivity contribution in [1.29, 1.82) is 0 Å². The number of alkyl halides is 3. The Hall–Kier alpha value is -1.30. The summed E-state index contributed by atoms with van der Waals surface area (Å²) in [5.74, 6) is 0.252. The van der Waals surface area contributed by atoms with Gasteiger partial charge < -0.3 is 10.1 Å². The minimum atomic E-state index is -4.35. The van der Waals surface area contributed by atoms with E-state index in [1.807, 2.05) is 0 Å². The molecule has 1 aromatic heterocycles. The minimum absolute atomic E-state index is 0.0190. The Labute approximate surface area is 103 Å². The van der Waals surface area contributed by atoms with Gasteiger partial charge in [-0.1, -0.05) is 0 Å². The van der Waals surface area contributed by atoms with Crippen molar-refractivity contribution in [2.24, 2.45) is 0 Å². The van der Waals surface area contributed by atoms with Crippen LogP contribution in [0.1, 0.15) is 25.3 Å². The lowest BCUT2D eigenvalue weighted by atomic mass is 10.0. The van der Waals surface area contributed by atoms with Crippen LogP contribution in [0.15, 0.2) is 18.3 Å². The summed E-state index contributed by atoms with van der Waals surface area (Å²) in [6, 6.07) is 2.63. The molecule has 0 radical (unpaired) electrons. The van der Waals surface area contributed by atoms with Crippen molar-refractivity contribution in [1.82, 2.24) is 10.3 Å². The van der Waals surface area contributed by atoms with E-state index in [0.29, 0.717) is 6.04 Å². The Kier molecular flexibility index (Phi) is 3.75. The number of nitrogens with one attached hydrogen (secondary N) is 1. The summed E-state index contributed by atoms with van der Waals surface area (Å²) >= 11 is 0. The summed E-state index contributed by atoms with van der Waals surface area (Å²) in [6.07, 6.45) is -1.85. The summed E-state index contributed by atoms with van der Waals surface area (Å²) in [6.45, 7) is 2.90. The fraction of sp³-hybridized carbons (Fsp3) is 0.583. The first kappa shape index (κ1) is 13.1. The zero-order chi connectivity index (χ0) is 13.2. The molecule has 100 valence electrons. The molecule has 2 rings (SSSR count). The number of halogens is 3. The molecule has 2 atom stereocenters. The molecule has 1 unspecified atom stereocenters. The standard InChI is InChI=1S/C12H15F3N2O/c1-8-6-10(4-5-16-8)18-11-3-2-9(7-17-11)12(13,14)15/h2-3,7-8,10,16H,4-6H2,1H3/t8?,10-/m0/s1. The largest absolute Gasteiger partial charge is 0.474 e. The lowest BCUT2D eigenvalue weighted by molar-refractivity contribution is -0.137. The van der Waals surface area contributed by atoms with Gasteiger partial charge in [-0.3, -0.25) is 0 Å². The van der Waals surface area contributed by atoms with E-state index in [9.17, 15) is 13.2 Å². The van der Waals surface area contributed by atoms with Gasteiger partial charge in [0, 0.05) is 18.3 Å². The fourth-order valence-corrected chi connectivity index (χ4v) is 1.98. The van der Waals surface area contributed by atoms with Gasteiger partial charge in [-0.2, -0.15) is 13.2 Å². The second-order valence-electron chi connectivity index (χ2n) is 4.50. The molecular formula is C12H15F3N2O. The van der Waals surface area contributed by atoms with E-state index < -0.39 is 11.7 Å². The molecule has 3 nitrogen and oxygen atoms in total. The van der Waals surface area contributed by atoms with Crippen molar-refractivity contribution in [3.63, 3.8) is 0 Å². The predicted molar refractivity (Wildman–Crippen MR) is 60.4 cm³/mol. The van der Waals surface area contributed by atoms with Crippen LogP contribution in [-0.2, 0) is 6.18 Å². The number of rotatable bonds is 2. The van der Waals surface area contributed by atoms with Crippen molar-refractivity contribution in [3.8, 4) is 5.88 Å². The molecule has 6 heteroatoms. The van der Waals surface area contributed by atoms with E-state index in [1.54, 1.807) is 0 Å². The number of piperidine rings is 1. The number of hydrogen-bond acceptors (Lipinski definition) is 3. The van der Waals surface area contributed by atoms with E-state index >= 15 is 0 Å². The van der Waals surface area contributed by atoms with E-state index in [1.165, 1.54) is 6.07 Å². The first-order valence-electron chi connectivity index (χ1n) is 5.88. The molecular weight excluding hydrogens is 245 g/mol. The summed E-state index contributed by atoms with van der Waals surface area (Å²) in [7, 11) is 0. The second kappa shape index (κ2) is 5.14. The Morgan fingerprint density at radius 3 is 2.72 bits per heavy atom. The maximum absolute atomic E-state index is 12.3. The van der Waals surface area contributed by atoms with Crippen LogP contribution >= 0.6 is 0 Å². The third-order valence-electron chi connectivity index (χ3n) is 2.93. The monoisotopic (exact) mass is 260 g/mol. The maximum Gasteiger partial charge on any atom is 0.417 e. The van der Waals surface area contributed by atoms with Crippen molar-refractivity contribution < 1.29 is 17.9 Å². The molecule has 1 fully saturated rings. The average molecular weight is 260 g/mol. The van der Waals surface area contributed by atoms with Gasteiger partial charge in [0.25, 0.3) is 0 Å². The second-order valence-corrected chi connectivity index (χ2v) is 4.50. The molecule has 0 aliphatic carbocycles. The van der Waals surface area contributed by atoms with Crippen LogP contribution in [0.25, 0.3) is 0 Å². The third kappa shape index (κ3) is 3.35. The molecule has 0 aromatic carbocycles. The van der Waals surface area contributed by atoms with E-state index in [0.717, 1.165) is 31.6 Å². The average Bonchev–Trinajstić information content (AvgIpc) is 2.28. The number of ether oxygens (including phenoxy) is 1. The van der Waals surface area contributed by atoms with Gasteiger partial charge >= 0.3 is 6.18 Å². The van der Waals surface area contributed by atoms with Gasteiger partial charge in [-0.25, -0.2) is 4.98 Å². The quantitative estimate of drug-likeness (QED) is 0.887. The lowest BCUT2D eigenvalue weighted by Crippen LogP contribution is -2.40. The molecule has 0 saturated carbocycles. The molecule has 18 heavy (non-hydrogen) atoms. The van der Waals surface area contributed by atoms with Gasteiger partial charge in [0.15, 0.2) is 0 Å². The summed E-state index contributed by atoms with van der Waals surface area (Å²) in [4.78, 5) is 3.70. The van der Waals surface area contributed by atoms with Crippen LogP contribution in [0, 0.1) is 0 Å². The third-order valence-corrected chi connectivity index (χ3v) is 2.93. The van der Waals surface area contributed by atoms with Crippen molar-refractivity contribution in [3.05, 3.63) is 23.9 Å². The number of nitrogens with zero attached hydrogens (tertiary/aromatic N) is 1. The molecule has 1 aliphatic rings. The molecule has 2 heterocycles. The normalized spacial score (nSPS) is 24.9. The molecule has 1 saturated heterocycles. The number of aromatic nitrogens is 1. The number of hydrogen-bond donors (Lipinski definition) is 1. The van der Waals surface area contributed by atoms with Gasteiger partial charge in [-0.05, 0) is 32.4 Å². The highest BCUT2D eigenvalue weighted by Gasteiger charge is 2.31. The zero-order valence-corrected chi connectivity index (χ0v) is 10.00. The van der Waals surface area contributed by atoms with Crippen molar-refractivity contribution in [2.75, 3.05) is 6.54 Å². The van der Waals surface area contributed by atoms with E-state index in [2.05, 4.69) is 17.2 Å². The number of pyridine rings is 1. The highest BCUT2D eigenvalue weighted by atomic mass is 19.4. The Bertz CT molecular complexity index is 391. The smallest absolute Gasteiger partial charge is 0.417 e. The van der Waals surface area contributed by atoms with Gasteiger partial charge in [0.2, 0.25) is 5.88 Å². The Balaban J connectivity index is 1.98. The van der Waals surface area contributed by atoms with Gasteiger partial charge in [0.05, 0.1) is 5.56 Å². The van der Waals surface area contributed by atoms with Crippen LogP contribution in [0.2, 0.25) is 0 Å². The van der Waals surface area contributed by atoms with Crippen LogP contribution in [-0.4, -0.2) is 23.7 Å². The predicted octanol–water partition coefficient (Wildman–Crippen LogP) is 2.62. The van der Waals surface area contributed by atoms with Crippen LogP contribution in [0.3, 0.4) is 0 Å². The highest BCUT2D eigenvalue weighted by Crippen LogP contribution is 2.29. The van der Waals surface area contributed by atoms with Gasteiger partial charge in [-0.15, -0.1) is 0 Å². The molecule has 1 N–H and O–H groups in total. The van der Waals surface area contributed by atoms with Crippen LogP contribution in [0.4, 0.5) is 13.2 Å². The van der Waals surface area contributed by atoms with E-state index in [4.69, 9.17) is 4.74 Å². The molecule has 1 aromatic rings. The summed E-state index contributed by atoms with van der Waals surface area (Å²) < 4.78 is 42.6. The van der Waals surface area contributed by atoms with Crippen molar-refractivity contribution >= 4 is 0 Å². The Morgan fingerprint density at radius 1 is 1.39 bits per heavy atom. The molecule has 0 spiro atoms. The SMILES string of the molecule is CC1C[C@@H](Oc2ccc(C(F)(F)F)cn2)CCN1. The van der Waals surface area contributed by atoms with Crippen LogP contribution < -0.4 is 10.1 Å². The molecule has 0 amide bonds.